The van der Waals surface area contributed by atoms with Gasteiger partial charge in [-0.3, -0.25) is 5.84 Å². The summed E-state index contributed by atoms with van der Waals surface area (Å²) in [6.07, 6.45) is 0.991. The normalized spacial score (nSPS) is 10.6. The average molecular weight is 193 g/mol. The summed E-state index contributed by atoms with van der Waals surface area (Å²) in [6, 6.07) is 5.94. The third-order valence-corrected chi connectivity index (χ3v) is 3.06. The van der Waals surface area contributed by atoms with E-state index in [1.54, 1.807) is 11.3 Å². The van der Waals surface area contributed by atoms with Gasteiger partial charge in [0.2, 0.25) is 0 Å². The minimum Gasteiger partial charge on any atom is -0.324 e. The molecule has 1 aromatic carbocycles. The van der Waals surface area contributed by atoms with Crippen molar-refractivity contribution >= 4 is 27.2 Å². The number of benzene rings is 1. The molecule has 4 heteroatoms. The quantitative estimate of drug-likeness (QED) is 0.567. The topological polar surface area (TPSA) is 50.9 Å². The zero-order valence-corrected chi connectivity index (χ0v) is 8.19. The molecule has 0 bridgehead atoms. The Kier molecular flexibility index (Phi) is 2.16. The van der Waals surface area contributed by atoms with Gasteiger partial charge in [-0.2, -0.15) is 0 Å². The molecule has 0 atom stereocenters. The lowest BCUT2D eigenvalue weighted by Gasteiger charge is -1.96. The first kappa shape index (κ1) is 8.47. The molecule has 0 radical (unpaired) electrons. The Hall–Kier alpha value is -1.13. The minimum atomic E-state index is 0.929. The molecular weight excluding hydrogens is 182 g/mol. The van der Waals surface area contributed by atoms with Crippen LogP contribution in [0.3, 0.4) is 0 Å². The lowest BCUT2D eigenvalue weighted by atomic mass is 10.3. The maximum Gasteiger partial charge on any atom is 0.0935 e. The predicted molar refractivity (Wildman–Crippen MR) is 56.8 cm³/mol. The van der Waals surface area contributed by atoms with Crippen molar-refractivity contribution in [3.8, 4) is 0 Å². The van der Waals surface area contributed by atoms with Crippen molar-refractivity contribution < 1.29 is 0 Å². The Bertz CT molecular complexity index is 420. The van der Waals surface area contributed by atoms with Gasteiger partial charge in [-0.1, -0.05) is 6.92 Å². The van der Waals surface area contributed by atoms with E-state index in [0.717, 1.165) is 17.6 Å². The number of nitrogens with zero attached hydrogens (tertiary/aromatic N) is 1. The number of anilines is 1. The van der Waals surface area contributed by atoms with Gasteiger partial charge in [-0.05, 0) is 24.6 Å². The Labute approximate surface area is 80.6 Å². The number of hydrogen-bond acceptors (Lipinski definition) is 4. The number of hydrogen-bond donors (Lipinski definition) is 2. The highest BCUT2D eigenvalue weighted by Crippen LogP contribution is 2.24. The van der Waals surface area contributed by atoms with Crippen molar-refractivity contribution in [1.82, 2.24) is 4.98 Å². The molecule has 2 rings (SSSR count). The third kappa shape index (κ3) is 1.50. The summed E-state index contributed by atoms with van der Waals surface area (Å²) in [5.74, 6) is 5.31. The molecule has 3 nitrogen and oxygen atoms in total. The number of aryl methyl sites for hydroxylation is 1. The standard InChI is InChI=1S/C9H11N3S/c1-2-9-11-7-4-3-6(12-10)5-8(7)13-9/h3-5,12H,2,10H2,1H3. The molecule has 68 valence electrons. The minimum absolute atomic E-state index is 0.929. The SMILES string of the molecule is CCc1nc2ccc(NN)cc2s1. The molecule has 0 spiro atoms. The number of thiazole rings is 1. The summed E-state index contributed by atoms with van der Waals surface area (Å²) >= 11 is 1.72. The fraction of sp³-hybridized carbons (Fsp3) is 0.222. The summed E-state index contributed by atoms with van der Waals surface area (Å²) < 4.78 is 1.19. The van der Waals surface area contributed by atoms with E-state index in [9.17, 15) is 0 Å². The fourth-order valence-electron chi connectivity index (χ4n) is 1.21. The average Bonchev–Trinajstić information content (AvgIpc) is 2.58. The van der Waals surface area contributed by atoms with Gasteiger partial charge in [0, 0.05) is 0 Å². The van der Waals surface area contributed by atoms with Crippen LogP contribution in [-0.2, 0) is 6.42 Å². The van der Waals surface area contributed by atoms with Crippen molar-refractivity contribution in [1.29, 1.82) is 0 Å². The van der Waals surface area contributed by atoms with Crippen molar-refractivity contribution in [2.45, 2.75) is 13.3 Å². The highest BCUT2D eigenvalue weighted by Gasteiger charge is 2.01. The molecule has 0 aliphatic heterocycles. The number of hydrazine groups is 1. The van der Waals surface area contributed by atoms with Gasteiger partial charge in [0.15, 0.2) is 0 Å². The van der Waals surface area contributed by atoms with Crippen molar-refractivity contribution in [3.05, 3.63) is 23.2 Å². The molecule has 0 unspecified atom stereocenters. The maximum absolute atomic E-state index is 5.31. The Morgan fingerprint density at radius 2 is 2.38 bits per heavy atom. The van der Waals surface area contributed by atoms with Gasteiger partial charge in [0.05, 0.1) is 20.9 Å². The van der Waals surface area contributed by atoms with Crippen LogP contribution in [0.5, 0.6) is 0 Å². The van der Waals surface area contributed by atoms with E-state index < -0.39 is 0 Å². The van der Waals surface area contributed by atoms with Crippen LogP contribution in [-0.4, -0.2) is 4.98 Å². The first-order valence-corrected chi connectivity index (χ1v) is 5.01. The number of nitrogens with one attached hydrogen (secondary N) is 1. The van der Waals surface area contributed by atoms with Crippen LogP contribution in [0.15, 0.2) is 18.2 Å². The molecule has 1 aromatic heterocycles. The molecule has 2 aromatic rings. The van der Waals surface area contributed by atoms with Crippen LogP contribution < -0.4 is 11.3 Å². The summed E-state index contributed by atoms with van der Waals surface area (Å²) in [7, 11) is 0. The predicted octanol–water partition coefficient (Wildman–Crippen LogP) is 2.14. The lowest BCUT2D eigenvalue weighted by molar-refractivity contribution is 1.11. The van der Waals surface area contributed by atoms with Crippen LogP contribution in [0, 0.1) is 0 Å². The molecule has 0 fully saturated rings. The van der Waals surface area contributed by atoms with Gasteiger partial charge in [-0.25, -0.2) is 4.98 Å². The van der Waals surface area contributed by atoms with Gasteiger partial charge in [0.25, 0.3) is 0 Å². The summed E-state index contributed by atoms with van der Waals surface area (Å²) in [5.41, 5.74) is 4.61. The van der Waals surface area contributed by atoms with E-state index >= 15 is 0 Å². The van der Waals surface area contributed by atoms with Crippen molar-refractivity contribution in [3.63, 3.8) is 0 Å². The second-order valence-corrected chi connectivity index (χ2v) is 3.90. The van der Waals surface area contributed by atoms with Crippen molar-refractivity contribution in [2.75, 3.05) is 5.43 Å². The largest absolute Gasteiger partial charge is 0.324 e. The second kappa shape index (κ2) is 3.32. The molecule has 0 amide bonds. The van der Waals surface area contributed by atoms with Crippen LogP contribution >= 0.6 is 11.3 Å². The zero-order valence-electron chi connectivity index (χ0n) is 7.37. The summed E-state index contributed by atoms with van der Waals surface area (Å²) in [4.78, 5) is 4.46. The smallest absolute Gasteiger partial charge is 0.0935 e. The third-order valence-electron chi connectivity index (χ3n) is 1.90. The molecule has 0 saturated heterocycles. The van der Waals surface area contributed by atoms with Crippen LogP contribution in [0.4, 0.5) is 5.69 Å². The van der Waals surface area contributed by atoms with E-state index in [2.05, 4.69) is 17.3 Å². The molecule has 0 saturated carbocycles. The molecule has 3 N–H and O–H groups in total. The first-order valence-electron chi connectivity index (χ1n) is 4.19. The van der Waals surface area contributed by atoms with Gasteiger partial charge in [0.1, 0.15) is 0 Å². The van der Waals surface area contributed by atoms with Crippen LogP contribution in [0.2, 0.25) is 0 Å². The van der Waals surface area contributed by atoms with Crippen molar-refractivity contribution in [2.24, 2.45) is 5.84 Å². The Morgan fingerprint density at radius 3 is 3.08 bits per heavy atom. The zero-order chi connectivity index (χ0) is 9.26. The highest BCUT2D eigenvalue weighted by molar-refractivity contribution is 7.18. The Morgan fingerprint density at radius 1 is 1.54 bits per heavy atom. The molecule has 1 heterocycles. The highest BCUT2D eigenvalue weighted by atomic mass is 32.1. The number of fused-ring (bicyclic) bond motifs is 1. The Balaban J connectivity index is 2.57. The number of nitrogens with two attached hydrogens (primary N) is 1. The molecule has 0 aliphatic rings. The summed E-state index contributed by atoms with van der Waals surface area (Å²) in [6.45, 7) is 2.11. The second-order valence-electron chi connectivity index (χ2n) is 2.79. The van der Waals surface area contributed by atoms with Crippen LogP contribution in [0.1, 0.15) is 11.9 Å². The number of nitrogen functional groups attached to an aromatic ring is 1. The van der Waals surface area contributed by atoms with E-state index in [0.29, 0.717) is 0 Å². The van der Waals surface area contributed by atoms with E-state index in [1.807, 2.05) is 18.2 Å². The maximum atomic E-state index is 5.31. The molecular formula is C9H11N3S. The lowest BCUT2D eigenvalue weighted by Crippen LogP contribution is -2.05. The van der Waals surface area contributed by atoms with Gasteiger partial charge < -0.3 is 5.43 Å². The molecule has 0 aliphatic carbocycles. The number of aromatic nitrogens is 1. The monoisotopic (exact) mass is 193 g/mol. The van der Waals surface area contributed by atoms with Gasteiger partial charge in [-0.15, -0.1) is 11.3 Å². The van der Waals surface area contributed by atoms with E-state index in [1.165, 1.54) is 9.71 Å². The fourth-order valence-corrected chi connectivity index (χ4v) is 2.16. The van der Waals surface area contributed by atoms with E-state index in [4.69, 9.17) is 5.84 Å². The summed E-state index contributed by atoms with van der Waals surface area (Å²) in [5, 5.41) is 1.17. The molecule has 13 heavy (non-hydrogen) atoms. The van der Waals surface area contributed by atoms with Crippen LogP contribution in [0.25, 0.3) is 10.2 Å². The first-order chi connectivity index (χ1) is 6.33. The van der Waals surface area contributed by atoms with E-state index in [-0.39, 0.29) is 0 Å². The van der Waals surface area contributed by atoms with Gasteiger partial charge >= 0.3 is 0 Å². The number of rotatable bonds is 2.